The smallest absolute Gasteiger partial charge is 0.273 e. The Hall–Kier alpha value is -1.83. The number of non-ortho nitro benzene ring substituents is 1. The molecule has 0 spiro atoms. The number of nitrogens with one attached hydrogen (secondary N) is 1. The van der Waals surface area contributed by atoms with Crippen LogP contribution >= 0.6 is 0 Å². The fourth-order valence-corrected chi connectivity index (χ4v) is 3.95. The van der Waals surface area contributed by atoms with Gasteiger partial charge in [-0.3, -0.25) is 10.1 Å². The van der Waals surface area contributed by atoms with E-state index in [1.54, 1.807) is 13.1 Å². The molecule has 1 aromatic carbocycles. The Labute approximate surface area is 117 Å². The number of rotatable bonds is 3. The van der Waals surface area contributed by atoms with Crippen LogP contribution in [0, 0.1) is 10.1 Å². The number of hydrogen-bond donors (Lipinski definition) is 1. The molecule has 0 saturated carbocycles. The summed E-state index contributed by atoms with van der Waals surface area (Å²) in [6.45, 7) is 2.17. The summed E-state index contributed by atoms with van der Waals surface area (Å²) in [5.41, 5.74) is 1.30. The van der Waals surface area contributed by atoms with Crippen molar-refractivity contribution in [3.63, 3.8) is 0 Å². The van der Waals surface area contributed by atoms with Crippen LogP contribution in [-0.2, 0) is 9.84 Å². The molecular weight excluding hydrogens is 282 g/mol. The Morgan fingerprint density at radius 1 is 1.40 bits per heavy atom. The summed E-state index contributed by atoms with van der Waals surface area (Å²) < 4.78 is 23.2. The molecule has 0 aromatic heterocycles. The summed E-state index contributed by atoms with van der Waals surface area (Å²) in [5.74, 6) is 0.152. The molecule has 0 aliphatic carbocycles. The van der Waals surface area contributed by atoms with Crippen molar-refractivity contribution < 1.29 is 13.3 Å². The van der Waals surface area contributed by atoms with E-state index in [1.165, 1.54) is 12.1 Å². The Balaban J connectivity index is 2.37. The van der Waals surface area contributed by atoms with Crippen LogP contribution in [0.25, 0.3) is 0 Å². The highest BCUT2D eigenvalue weighted by atomic mass is 32.2. The van der Waals surface area contributed by atoms with Crippen LogP contribution in [0.15, 0.2) is 18.2 Å². The van der Waals surface area contributed by atoms with Gasteiger partial charge in [-0.05, 0) is 13.0 Å². The van der Waals surface area contributed by atoms with Crippen LogP contribution in [0.4, 0.5) is 17.1 Å². The van der Waals surface area contributed by atoms with Gasteiger partial charge in [0.25, 0.3) is 5.69 Å². The summed E-state index contributed by atoms with van der Waals surface area (Å²) in [4.78, 5) is 12.4. The Kier molecular flexibility index (Phi) is 3.85. The predicted molar refractivity (Wildman–Crippen MR) is 78.1 cm³/mol. The van der Waals surface area contributed by atoms with Gasteiger partial charge < -0.3 is 10.2 Å². The van der Waals surface area contributed by atoms with Crippen molar-refractivity contribution in [2.45, 2.75) is 13.0 Å². The van der Waals surface area contributed by atoms with Gasteiger partial charge in [0.15, 0.2) is 9.84 Å². The number of anilines is 2. The van der Waals surface area contributed by atoms with Crippen molar-refractivity contribution in [2.24, 2.45) is 0 Å². The Bertz CT molecular complexity index is 630. The lowest BCUT2D eigenvalue weighted by Gasteiger charge is -2.35. The average Bonchev–Trinajstić information content (AvgIpc) is 2.37. The minimum atomic E-state index is -3.01. The van der Waals surface area contributed by atoms with Crippen LogP contribution in [0.3, 0.4) is 0 Å². The van der Waals surface area contributed by atoms with Gasteiger partial charge in [0.1, 0.15) is 0 Å². The molecule has 1 saturated heterocycles. The van der Waals surface area contributed by atoms with Gasteiger partial charge in [-0.25, -0.2) is 8.42 Å². The molecule has 1 aliphatic heterocycles. The van der Waals surface area contributed by atoms with Crippen LogP contribution in [0.1, 0.15) is 6.92 Å². The molecule has 8 heteroatoms. The molecule has 0 amide bonds. The van der Waals surface area contributed by atoms with E-state index in [0.29, 0.717) is 17.9 Å². The van der Waals surface area contributed by atoms with Crippen LogP contribution < -0.4 is 10.2 Å². The number of nitro groups is 1. The second-order valence-electron chi connectivity index (χ2n) is 4.90. The first-order valence-corrected chi connectivity index (χ1v) is 8.09. The van der Waals surface area contributed by atoms with E-state index in [-0.39, 0.29) is 23.2 Å². The fraction of sp³-hybridized carbons (Fsp3) is 0.500. The standard InChI is InChI=1S/C12H17N3O4S/c1-9-8-20(18,19)4-3-14(9)11-5-10(13-2)6-12(7-11)15(16)17/h5-7,9,13H,3-4,8H2,1-2H3. The van der Waals surface area contributed by atoms with Crippen molar-refractivity contribution in [3.05, 3.63) is 28.3 Å². The summed E-state index contributed by atoms with van der Waals surface area (Å²) >= 11 is 0. The molecule has 2 rings (SSSR count). The maximum atomic E-state index is 11.6. The molecule has 1 atom stereocenters. The molecule has 1 fully saturated rings. The SMILES string of the molecule is CNc1cc(N2CCS(=O)(=O)CC2C)cc([N+](=O)[O-])c1. The monoisotopic (exact) mass is 299 g/mol. The largest absolute Gasteiger partial charge is 0.388 e. The Morgan fingerprint density at radius 3 is 2.65 bits per heavy atom. The minimum absolute atomic E-state index is 0.00696. The van der Waals surface area contributed by atoms with Crippen molar-refractivity contribution in [1.82, 2.24) is 0 Å². The van der Waals surface area contributed by atoms with Crippen molar-refractivity contribution in [3.8, 4) is 0 Å². The summed E-state index contributed by atoms with van der Waals surface area (Å²) in [5, 5.41) is 13.8. The highest BCUT2D eigenvalue weighted by molar-refractivity contribution is 7.91. The topological polar surface area (TPSA) is 92.6 Å². The quantitative estimate of drug-likeness (QED) is 0.667. The van der Waals surface area contributed by atoms with E-state index in [4.69, 9.17) is 0 Å². The van der Waals surface area contributed by atoms with E-state index in [0.717, 1.165) is 0 Å². The number of nitro benzene ring substituents is 1. The maximum Gasteiger partial charge on any atom is 0.273 e. The normalized spacial score (nSPS) is 21.5. The zero-order valence-corrected chi connectivity index (χ0v) is 12.2. The Morgan fingerprint density at radius 2 is 2.10 bits per heavy atom. The van der Waals surface area contributed by atoms with E-state index in [2.05, 4.69) is 5.32 Å². The first-order valence-electron chi connectivity index (χ1n) is 6.27. The zero-order valence-electron chi connectivity index (χ0n) is 11.4. The lowest BCUT2D eigenvalue weighted by molar-refractivity contribution is -0.384. The predicted octanol–water partition coefficient (Wildman–Crippen LogP) is 1.26. The molecule has 0 bridgehead atoms. The summed E-state index contributed by atoms with van der Waals surface area (Å²) in [6.07, 6.45) is 0. The average molecular weight is 299 g/mol. The maximum absolute atomic E-state index is 11.6. The highest BCUT2D eigenvalue weighted by Crippen LogP contribution is 2.29. The van der Waals surface area contributed by atoms with E-state index in [9.17, 15) is 18.5 Å². The van der Waals surface area contributed by atoms with E-state index < -0.39 is 14.8 Å². The molecule has 110 valence electrons. The van der Waals surface area contributed by atoms with Gasteiger partial charge >= 0.3 is 0 Å². The number of hydrogen-bond acceptors (Lipinski definition) is 6. The zero-order chi connectivity index (χ0) is 14.9. The second-order valence-corrected chi connectivity index (χ2v) is 7.13. The summed E-state index contributed by atoms with van der Waals surface area (Å²) in [7, 11) is -1.32. The third-order valence-corrected chi connectivity index (χ3v) is 5.20. The van der Waals surface area contributed by atoms with Gasteiger partial charge in [-0.15, -0.1) is 0 Å². The van der Waals surface area contributed by atoms with Gasteiger partial charge in [0.05, 0.1) is 16.4 Å². The van der Waals surface area contributed by atoms with E-state index >= 15 is 0 Å². The van der Waals surface area contributed by atoms with Gasteiger partial charge in [0.2, 0.25) is 0 Å². The fourth-order valence-electron chi connectivity index (χ4n) is 2.39. The molecule has 1 unspecified atom stereocenters. The molecule has 1 aromatic rings. The number of benzene rings is 1. The molecule has 1 N–H and O–H groups in total. The van der Waals surface area contributed by atoms with Crippen molar-refractivity contribution in [1.29, 1.82) is 0 Å². The number of sulfone groups is 1. The minimum Gasteiger partial charge on any atom is -0.388 e. The third kappa shape index (κ3) is 3.01. The van der Waals surface area contributed by atoms with Gasteiger partial charge in [0, 0.05) is 43.1 Å². The van der Waals surface area contributed by atoms with Gasteiger partial charge in [-0.1, -0.05) is 0 Å². The lowest BCUT2D eigenvalue weighted by Crippen LogP contribution is -2.47. The molecular formula is C12H17N3O4S. The van der Waals surface area contributed by atoms with Crippen LogP contribution in [0.5, 0.6) is 0 Å². The summed E-state index contributed by atoms with van der Waals surface area (Å²) in [6, 6.07) is 4.53. The molecule has 1 heterocycles. The van der Waals surface area contributed by atoms with E-state index in [1.807, 2.05) is 11.8 Å². The second kappa shape index (κ2) is 5.28. The van der Waals surface area contributed by atoms with Gasteiger partial charge in [-0.2, -0.15) is 0 Å². The van der Waals surface area contributed by atoms with Crippen molar-refractivity contribution >= 4 is 26.9 Å². The highest BCUT2D eigenvalue weighted by Gasteiger charge is 2.29. The van der Waals surface area contributed by atoms with Crippen LogP contribution in [-0.4, -0.2) is 44.5 Å². The first-order chi connectivity index (χ1) is 9.32. The molecule has 20 heavy (non-hydrogen) atoms. The number of nitrogens with zero attached hydrogens (tertiary/aromatic N) is 2. The van der Waals surface area contributed by atoms with Crippen LogP contribution in [0.2, 0.25) is 0 Å². The third-order valence-electron chi connectivity index (χ3n) is 3.40. The molecule has 7 nitrogen and oxygen atoms in total. The molecule has 1 aliphatic rings. The van der Waals surface area contributed by atoms with Crippen molar-refractivity contribution in [2.75, 3.05) is 35.3 Å². The lowest BCUT2D eigenvalue weighted by atomic mass is 10.2. The molecule has 0 radical (unpaired) electrons. The first kappa shape index (κ1) is 14.6.